The highest BCUT2D eigenvalue weighted by atomic mass is 16.6. The zero-order valence-electron chi connectivity index (χ0n) is 9.18. The van der Waals surface area contributed by atoms with E-state index in [1.54, 1.807) is 0 Å². The minimum atomic E-state index is -1.39. The smallest absolute Gasteiger partial charge is 0.323 e. The Morgan fingerprint density at radius 1 is 1.44 bits per heavy atom. The van der Waals surface area contributed by atoms with Gasteiger partial charge in [0.25, 0.3) is 0 Å². The van der Waals surface area contributed by atoms with E-state index in [1.807, 2.05) is 5.32 Å². The first-order valence-electron chi connectivity index (χ1n) is 4.96. The molecule has 0 bridgehead atoms. The normalized spacial score (nSPS) is 32.1. The Balaban J connectivity index is 2.50. The lowest BCUT2D eigenvalue weighted by atomic mass is 10.1. The van der Waals surface area contributed by atoms with Gasteiger partial charge in [-0.1, -0.05) is 0 Å². The molecular weight excluding hydrogens is 248 g/mol. The van der Waals surface area contributed by atoms with E-state index < -0.39 is 43.1 Å². The van der Waals surface area contributed by atoms with Crippen molar-refractivity contribution in [1.29, 1.82) is 0 Å². The van der Waals surface area contributed by atoms with Crippen LogP contribution in [-0.4, -0.2) is 64.9 Å². The van der Waals surface area contributed by atoms with Crippen molar-refractivity contribution in [2.75, 3.05) is 6.61 Å². The van der Waals surface area contributed by atoms with Crippen LogP contribution in [0.25, 0.3) is 0 Å². The van der Waals surface area contributed by atoms with Crippen LogP contribution in [0.3, 0.4) is 0 Å². The van der Waals surface area contributed by atoms with E-state index in [4.69, 9.17) is 15.6 Å². The van der Waals surface area contributed by atoms with Gasteiger partial charge in [-0.15, -0.1) is 0 Å². The summed E-state index contributed by atoms with van der Waals surface area (Å²) in [5, 5.41) is 31.9. The molecule has 1 aliphatic heterocycles. The number of guanidine groups is 1. The third-order valence-corrected chi connectivity index (χ3v) is 2.25. The summed E-state index contributed by atoms with van der Waals surface area (Å²) >= 11 is 0. The van der Waals surface area contributed by atoms with Crippen LogP contribution in [0.15, 0.2) is 4.99 Å². The van der Waals surface area contributed by atoms with Gasteiger partial charge in [0.05, 0.1) is 6.61 Å². The molecule has 0 spiro atoms. The number of amides is 3. The van der Waals surface area contributed by atoms with Crippen molar-refractivity contribution >= 4 is 18.4 Å². The molecule has 0 saturated carbocycles. The molecule has 0 aliphatic carbocycles. The van der Waals surface area contributed by atoms with Crippen molar-refractivity contribution in [3.8, 4) is 0 Å². The zero-order chi connectivity index (χ0) is 13.7. The fourth-order valence-corrected chi connectivity index (χ4v) is 1.39. The topological polar surface area (TPSA) is 166 Å². The summed E-state index contributed by atoms with van der Waals surface area (Å²) in [5.41, 5.74) is 5.13. The van der Waals surface area contributed by atoms with Gasteiger partial charge in [0.2, 0.25) is 12.4 Å². The number of ether oxygens (including phenoxy) is 1. The molecule has 7 N–H and O–H groups in total. The van der Waals surface area contributed by atoms with Gasteiger partial charge >= 0.3 is 6.03 Å². The lowest BCUT2D eigenvalue weighted by molar-refractivity contribution is -0.106. The lowest BCUT2D eigenvalue weighted by Gasteiger charge is -2.16. The van der Waals surface area contributed by atoms with Crippen LogP contribution in [-0.2, 0) is 9.53 Å². The monoisotopic (exact) mass is 262 g/mol. The van der Waals surface area contributed by atoms with Crippen LogP contribution >= 0.6 is 0 Å². The van der Waals surface area contributed by atoms with Gasteiger partial charge in [0.15, 0.2) is 6.23 Å². The first-order valence-corrected chi connectivity index (χ1v) is 4.96. The minimum Gasteiger partial charge on any atom is -0.394 e. The lowest BCUT2D eigenvalue weighted by Crippen LogP contribution is -2.50. The average Bonchev–Trinajstić information content (AvgIpc) is 2.57. The number of urea groups is 1. The number of aliphatic hydroxyl groups is 3. The van der Waals surface area contributed by atoms with Gasteiger partial charge in [0.1, 0.15) is 18.3 Å². The molecule has 0 unspecified atom stereocenters. The summed E-state index contributed by atoms with van der Waals surface area (Å²) in [4.78, 5) is 24.3. The first-order chi connectivity index (χ1) is 8.49. The second kappa shape index (κ2) is 6.26. The van der Waals surface area contributed by atoms with E-state index in [-0.39, 0.29) is 6.41 Å². The molecule has 10 nitrogen and oxygen atoms in total. The third-order valence-electron chi connectivity index (χ3n) is 2.25. The molecule has 1 rings (SSSR count). The van der Waals surface area contributed by atoms with E-state index >= 15 is 0 Å². The summed E-state index contributed by atoms with van der Waals surface area (Å²) in [7, 11) is 0. The van der Waals surface area contributed by atoms with Gasteiger partial charge in [0, 0.05) is 0 Å². The van der Waals surface area contributed by atoms with Crippen LogP contribution < -0.4 is 16.4 Å². The molecule has 3 amide bonds. The molecule has 18 heavy (non-hydrogen) atoms. The summed E-state index contributed by atoms with van der Waals surface area (Å²) < 4.78 is 4.98. The number of carbonyl (C=O) groups is 2. The molecule has 4 atom stereocenters. The van der Waals surface area contributed by atoms with Crippen LogP contribution in [0.5, 0.6) is 0 Å². The second-order valence-corrected chi connectivity index (χ2v) is 3.48. The molecule has 1 heterocycles. The molecule has 0 aromatic heterocycles. The number of nitrogens with zero attached hydrogens (tertiary/aromatic N) is 1. The van der Waals surface area contributed by atoms with E-state index in [2.05, 4.69) is 10.3 Å². The van der Waals surface area contributed by atoms with Crippen LogP contribution in [0, 0.1) is 0 Å². The van der Waals surface area contributed by atoms with Crippen LogP contribution in [0.4, 0.5) is 4.79 Å². The van der Waals surface area contributed by atoms with Crippen molar-refractivity contribution in [3.05, 3.63) is 0 Å². The van der Waals surface area contributed by atoms with Crippen LogP contribution in [0.1, 0.15) is 0 Å². The zero-order valence-corrected chi connectivity index (χ0v) is 9.18. The fourth-order valence-electron chi connectivity index (χ4n) is 1.39. The predicted octanol–water partition coefficient (Wildman–Crippen LogP) is -3.80. The Morgan fingerprint density at radius 2 is 2.11 bits per heavy atom. The molecule has 1 aliphatic rings. The highest BCUT2D eigenvalue weighted by Crippen LogP contribution is 2.18. The van der Waals surface area contributed by atoms with Crippen molar-refractivity contribution in [2.45, 2.75) is 24.5 Å². The van der Waals surface area contributed by atoms with Crippen LogP contribution in [0.2, 0.25) is 0 Å². The van der Waals surface area contributed by atoms with Gasteiger partial charge in [-0.05, 0) is 0 Å². The molecule has 10 heteroatoms. The number of nitrogens with two attached hydrogens (primary N) is 1. The number of carbonyl (C=O) groups excluding carboxylic acids is 2. The largest absolute Gasteiger partial charge is 0.394 e. The van der Waals surface area contributed by atoms with E-state index in [1.165, 1.54) is 0 Å². The summed E-state index contributed by atoms with van der Waals surface area (Å²) in [6.07, 6.45) is -4.77. The molecule has 1 saturated heterocycles. The maximum Gasteiger partial charge on any atom is 0.323 e. The van der Waals surface area contributed by atoms with E-state index in [9.17, 15) is 19.8 Å². The van der Waals surface area contributed by atoms with Crippen molar-refractivity contribution in [3.63, 3.8) is 0 Å². The Bertz CT molecular complexity index is 348. The third kappa shape index (κ3) is 3.37. The molecule has 102 valence electrons. The maximum atomic E-state index is 11.3. The van der Waals surface area contributed by atoms with Crippen molar-refractivity contribution < 1.29 is 29.6 Å². The van der Waals surface area contributed by atoms with Gasteiger partial charge in [-0.25, -0.2) is 4.79 Å². The highest BCUT2D eigenvalue weighted by molar-refractivity contribution is 5.97. The standard InChI is InChI=1S/C8H14N4O6/c9-7(10-2-14)12-8(17)11-6-5(16)4(15)3(1-13)18-6/h2-6,13,15-16H,1H2,(H4,9,10,11,12,14,17)/t3-,4-,5-,6+/m1/s1. The molecule has 0 radical (unpaired) electrons. The summed E-state index contributed by atoms with van der Waals surface area (Å²) in [6.45, 7) is -0.507. The Kier molecular flexibility index (Phi) is 4.97. The van der Waals surface area contributed by atoms with Gasteiger partial charge < -0.3 is 31.1 Å². The number of aliphatic hydroxyl groups excluding tert-OH is 3. The number of hydrogen-bond acceptors (Lipinski definition) is 6. The van der Waals surface area contributed by atoms with Gasteiger partial charge in [-0.2, -0.15) is 4.99 Å². The van der Waals surface area contributed by atoms with E-state index in [0.717, 1.165) is 0 Å². The number of hydrogen-bond donors (Lipinski definition) is 6. The van der Waals surface area contributed by atoms with E-state index in [0.29, 0.717) is 0 Å². The maximum absolute atomic E-state index is 11.3. The number of aliphatic imine (C=N–C) groups is 1. The SMILES string of the molecule is NC(=NC=O)NC(=O)N[C@H]1O[C@H](CO)[C@@H](O)[C@H]1O. The Labute approximate surface area is 101 Å². The van der Waals surface area contributed by atoms with Crippen molar-refractivity contribution in [2.24, 2.45) is 10.7 Å². The highest BCUT2D eigenvalue weighted by Gasteiger charge is 2.43. The molecule has 0 aromatic rings. The fraction of sp³-hybridized carbons (Fsp3) is 0.625. The minimum absolute atomic E-state index is 0.141. The summed E-state index contributed by atoms with van der Waals surface area (Å²) in [6, 6.07) is -0.882. The molecule has 1 fully saturated rings. The first kappa shape index (κ1) is 14.3. The Hall–Kier alpha value is -1.75. The molecular formula is C8H14N4O6. The number of nitrogens with one attached hydrogen (secondary N) is 2. The summed E-state index contributed by atoms with van der Waals surface area (Å²) in [5.74, 6) is -0.436. The second-order valence-electron chi connectivity index (χ2n) is 3.48. The number of rotatable bonds is 3. The predicted molar refractivity (Wildman–Crippen MR) is 57.1 cm³/mol. The Morgan fingerprint density at radius 3 is 2.61 bits per heavy atom. The molecule has 0 aromatic carbocycles. The van der Waals surface area contributed by atoms with Crippen molar-refractivity contribution in [1.82, 2.24) is 10.6 Å². The average molecular weight is 262 g/mol. The van der Waals surface area contributed by atoms with Gasteiger partial charge in [-0.3, -0.25) is 10.1 Å². The quantitative estimate of drug-likeness (QED) is 0.172.